The third-order valence-electron chi connectivity index (χ3n) is 6.17. The van der Waals surface area contributed by atoms with Crippen molar-refractivity contribution >= 4 is 5.57 Å². The molecule has 2 aliphatic carbocycles. The molecule has 0 aromatic heterocycles. The van der Waals surface area contributed by atoms with E-state index in [0.717, 1.165) is 29.7 Å². The van der Waals surface area contributed by atoms with E-state index in [1.54, 1.807) is 6.07 Å². The molecular weight excluding hydrogens is 283 g/mol. The highest BCUT2D eigenvalue weighted by Gasteiger charge is 2.28. The van der Waals surface area contributed by atoms with Crippen LogP contribution in [0, 0.1) is 23.6 Å². The molecule has 0 saturated heterocycles. The summed E-state index contributed by atoms with van der Waals surface area (Å²) in [7, 11) is 0. The van der Waals surface area contributed by atoms with Crippen molar-refractivity contribution < 1.29 is 4.39 Å². The van der Waals surface area contributed by atoms with Crippen LogP contribution < -0.4 is 0 Å². The molecule has 0 aliphatic heterocycles. The first-order valence-electron chi connectivity index (χ1n) is 9.71. The van der Waals surface area contributed by atoms with Crippen LogP contribution in [0.5, 0.6) is 0 Å². The molecule has 1 aromatic carbocycles. The highest BCUT2D eigenvalue weighted by Crippen LogP contribution is 2.42. The normalized spacial score (nSPS) is 28.4. The molecule has 23 heavy (non-hydrogen) atoms. The lowest BCUT2D eigenvalue weighted by molar-refractivity contribution is 0.188. The minimum absolute atomic E-state index is 0.115. The van der Waals surface area contributed by atoms with Gasteiger partial charge < -0.3 is 0 Å². The largest absolute Gasteiger partial charge is 0.207 e. The summed E-state index contributed by atoms with van der Waals surface area (Å²) >= 11 is 0. The maximum absolute atomic E-state index is 13.4. The van der Waals surface area contributed by atoms with Crippen molar-refractivity contribution in [1.29, 1.82) is 0 Å². The zero-order valence-electron chi connectivity index (χ0n) is 14.6. The van der Waals surface area contributed by atoms with Crippen molar-refractivity contribution in [1.82, 2.24) is 0 Å². The molecule has 0 amide bonds. The van der Waals surface area contributed by atoms with Crippen molar-refractivity contribution in [3.8, 4) is 0 Å². The van der Waals surface area contributed by atoms with Crippen LogP contribution >= 0.6 is 0 Å². The van der Waals surface area contributed by atoms with Crippen molar-refractivity contribution in [2.45, 2.75) is 71.1 Å². The minimum Gasteiger partial charge on any atom is -0.207 e. The van der Waals surface area contributed by atoms with Gasteiger partial charge in [0.15, 0.2) is 0 Å². The number of unbranched alkanes of at least 4 members (excludes halogenated alkanes) is 1. The second-order valence-electron chi connectivity index (χ2n) is 7.70. The van der Waals surface area contributed by atoms with Crippen LogP contribution in [0.15, 0.2) is 30.3 Å². The van der Waals surface area contributed by atoms with Gasteiger partial charge in [0.05, 0.1) is 0 Å². The summed E-state index contributed by atoms with van der Waals surface area (Å²) in [5.41, 5.74) is 2.45. The van der Waals surface area contributed by atoms with Crippen LogP contribution in [-0.2, 0) is 0 Å². The predicted molar refractivity (Wildman–Crippen MR) is 96.7 cm³/mol. The van der Waals surface area contributed by atoms with Gasteiger partial charge in [-0.2, -0.15) is 0 Å². The topological polar surface area (TPSA) is 0 Å². The molecule has 1 heteroatoms. The van der Waals surface area contributed by atoms with Gasteiger partial charge in [-0.15, -0.1) is 0 Å². The van der Waals surface area contributed by atoms with E-state index in [-0.39, 0.29) is 5.82 Å². The van der Waals surface area contributed by atoms with E-state index in [0.29, 0.717) is 0 Å². The molecule has 0 nitrogen and oxygen atoms in total. The Morgan fingerprint density at radius 1 is 1.04 bits per heavy atom. The fourth-order valence-corrected chi connectivity index (χ4v) is 4.67. The molecular formula is C22H31F. The van der Waals surface area contributed by atoms with Crippen LogP contribution in [0.3, 0.4) is 0 Å². The van der Waals surface area contributed by atoms with Gasteiger partial charge in [-0.05, 0) is 73.1 Å². The molecule has 0 heterocycles. The van der Waals surface area contributed by atoms with E-state index in [1.807, 2.05) is 12.1 Å². The summed E-state index contributed by atoms with van der Waals surface area (Å²) in [5.74, 6) is 2.71. The fourth-order valence-electron chi connectivity index (χ4n) is 4.67. The molecule has 1 saturated carbocycles. The maximum Gasteiger partial charge on any atom is 0.123 e. The Morgan fingerprint density at radius 3 is 2.52 bits per heavy atom. The molecule has 0 radical (unpaired) electrons. The van der Waals surface area contributed by atoms with Gasteiger partial charge in [-0.25, -0.2) is 4.39 Å². The molecule has 0 N–H and O–H groups in total. The Morgan fingerprint density at radius 2 is 1.87 bits per heavy atom. The maximum atomic E-state index is 13.4. The zero-order valence-corrected chi connectivity index (χ0v) is 14.6. The Bertz CT molecular complexity index is 523. The number of allylic oxidation sites excluding steroid dienone is 2. The predicted octanol–water partition coefficient (Wildman–Crippen LogP) is 7.01. The van der Waals surface area contributed by atoms with E-state index in [2.05, 4.69) is 13.0 Å². The monoisotopic (exact) mass is 314 g/mol. The number of hydrogen-bond donors (Lipinski definition) is 0. The summed E-state index contributed by atoms with van der Waals surface area (Å²) in [4.78, 5) is 0. The summed E-state index contributed by atoms with van der Waals surface area (Å²) in [6.45, 7) is 2.30. The molecule has 1 fully saturated rings. The van der Waals surface area contributed by atoms with Gasteiger partial charge in [-0.3, -0.25) is 0 Å². The van der Waals surface area contributed by atoms with E-state index in [1.165, 1.54) is 69.4 Å². The number of benzene rings is 1. The molecule has 3 rings (SSSR count). The second-order valence-corrected chi connectivity index (χ2v) is 7.70. The Balaban J connectivity index is 1.51. The SMILES string of the molecule is CCCCC1CCC(C2CC=C(c3cccc(F)c3)CC2)CC1. The van der Waals surface area contributed by atoms with Crippen molar-refractivity contribution in [2.24, 2.45) is 17.8 Å². The van der Waals surface area contributed by atoms with E-state index in [9.17, 15) is 4.39 Å². The molecule has 1 aromatic rings. The molecule has 1 unspecified atom stereocenters. The lowest BCUT2D eigenvalue weighted by Gasteiger charge is -2.35. The molecule has 2 aliphatic rings. The lowest BCUT2D eigenvalue weighted by atomic mass is 9.70. The summed E-state index contributed by atoms with van der Waals surface area (Å²) in [6, 6.07) is 7.10. The minimum atomic E-state index is -0.115. The van der Waals surface area contributed by atoms with Gasteiger partial charge >= 0.3 is 0 Å². The Kier molecular flexibility index (Phi) is 5.91. The van der Waals surface area contributed by atoms with Crippen molar-refractivity contribution in [3.05, 3.63) is 41.7 Å². The first-order valence-corrected chi connectivity index (χ1v) is 9.71. The lowest BCUT2D eigenvalue weighted by Crippen LogP contribution is -2.23. The molecule has 126 valence electrons. The molecule has 0 spiro atoms. The first kappa shape index (κ1) is 16.7. The summed E-state index contributed by atoms with van der Waals surface area (Å²) in [5, 5.41) is 0. The van der Waals surface area contributed by atoms with Gasteiger partial charge in [0.1, 0.15) is 5.82 Å². The van der Waals surface area contributed by atoms with Crippen molar-refractivity contribution in [2.75, 3.05) is 0 Å². The van der Waals surface area contributed by atoms with Crippen molar-refractivity contribution in [3.63, 3.8) is 0 Å². The van der Waals surface area contributed by atoms with Crippen LogP contribution in [0.1, 0.15) is 76.7 Å². The zero-order chi connectivity index (χ0) is 16.1. The van der Waals surface area contributed by atoms with Crippen LogP contribution in [-0.4, -0.2) is 0 Å². The number of halogens is 1. The fraction of sp³-hybridized carbons (Fsp3) is 0.636. The highest BCUT2D eigenvalue weighted by molar-refractivity contribution is 5.66. The van der Waals surface area contributed by atoms with E-state index in [4.69, 9.17) is 0 Å². The standard InChI is InChI=1S/C22H31F/c1-2-3-5-17-8-10-18(11-9-17)19-12-14-20(15-13-19)21-6-4-7-22(23)16-21/h4,6-7,14,16-19H,2-3,5,8-13,15H2,1H3. The second kappa shape index (κ2) is 8.13. The van der Waals surface area contributed by atoms with Gasteiger partial charge in [0, 0.05) is 0 Å². The first-order chi connectivity index (χ1) is 11.3. The summed E-state index contributed by atoms with van der Waals surface area (Å²) < 4.78 is 13.4. The smallest absolute Gasteiger partial charge is 0.123 e. The molecule has 0 bridgehead atoms. The van der Waals surface area contributed by atoms with E-state index < -0.39 is 0 Å². The average molecular weight is 314 g/mol. The summed E-state index contributed by atoms with van der Waals surface area (Å²) in [6.07, 6.45) is 16.1. The van der Waals surface area contributed by atoms with Crippen LogP contribution in [0.2, 0.25) is 0 Å². The quantitative estimate of drug-likeness (QED) is 0.548. The Labute approximate surface area is 141 Å². The van der Waals surface area contributed by atoms with Gasteiger partial charge in [0.2, 0.25) is 0 Å². The third-order valence-corrected chi connectivity index (χ3v) is 6.17. The average Bonchev–Trinajstić information content (AvgIpc) is 2.61. The van der Waals surface area contributed by atoms with Gasteiger partial charge in [0.25, 0.3) is 0 Å². The number of rotatable bonds is 5. The van der Waals surface area contributed by atoms with Crippen LogP contribution in [0.25, 0.3) is 5.57 Å². The van der Waals surface area contributed by atoms with E-state index >= 15 is 0 Å². The highest BCUT2D eigenvalue weighted by atomic mass is 19.1. The van der Waals surface area contributed by atoms with Gasteiger partial charge in [-0.1, -0.05) is 57.2 Å². The van der Waals surface area contributed by atoms with Crippen LogP contribution in [0.4, 0.5) is 4.39 Å². The number of hydrogen-bond acceptors (Lipinski definition) is 0. The Hall–Kier alpha value is -1.11. The molecule has 1 atom stereocenters. The third kappa shape index (κ3) is 4.46.